The van der Waals surface area contributed by atoms with Crippen LogP contribution in [-0.2, 0) is 6.42 Å². The van der Waals surface area contributed by atoms with Gasteiger partial charge in [-0.25, -0.2) is 0 Å². The van der Waals surface area contributed by atoms with E-state index in [2.05, 4.69) is 0 Å². The van der Waals surface area contributed by atoms with Gasteiger partial charge in [0.1, 0.15) is 0 Å². The lowest BCUT2D eigenvalue weighted by Gasteiger charge is -2.08. The predicted octanol–water partition coefficient (Wildman–Crippen LogP) is 1.78. The van der Waals surface area contributed by atoms with Gasteiger partial charge < -0.3 is 15.2 Å². The average molecular weight is 262 g/mol. The van der Waals surface area contributed by atoms with E-state index in [1.54, 1.807) is 14.2 Å². The van der Waals surface area contributed by atoms with Gasteiger partial charge in [0.2, 0.25) is 0 Å². The summed E-state index contributed by atoms with van der Waals surface area (Å²) in [5, 5.41) is 0. The molecule has 0 aliphatic carbocycles. The van der Waals surface area contributed by atoms with Crippen molar-refractivity contribution in [3.63, 3.8) is 0 Å². The largest absolute Gasteiger partial charge is 0.493 e. The summed E-state index contributed by atoms with van der Waals surface area (Å²) < 4.78 is 10.3. The van der Waals surface area contributed by atoms with E-state index >= 15 is 0 Å². The summed E-state index contributed by atoms with van der Waals surface area (Å²) >= 11 is 0. The molecule has 0 radical (unpaired) electrons. The maximum absolute atomic E-state index is 5.45. The maximum Gasteiger partial charge on any atom is 0.160 e. The van der Waals surface area contributed by atoms with E-state index in [9.17, 15) is 0 Å². The predicted molar refractivity (Wildman–Crippen MR) is 62.6 cm³/mol. The number of methoxy groups -OCH3 is 2. The first kappa shape index (κ1) is 13.3. The molecule has 0 bridgehead atoms. The number of benzene rings is 1. The lowest BCUT2D eigenvalue weighted by atomic mass is 10.1. The monoisotopic (exact) mass is 261 g/mol. The summed E-state index contributed by atoms with van der Waals surface area (Å²) in [6.07, 6.45) is 0.861. The standard InChI is InChI=1S/C10H15NO2.BrH/c1-12-9-4-3-8(5-6-11)7-10(9)13-2;/h3-4,7H,5-6,11H2,1-2H3;1H. The third-order valence-electron chi connectivity index (χ3n) is 1.88. The molecule has 0 heterocycles. The molecule has 0 atom stereocenters. The van der Waals surface area contributed by atoms with E-state index in [4.69, 9.17) is 15.2 Å². The van der Waals surface area contributed by atoms with Gasteiger partial charge in [-0.05, 0) is 30.7 Å². The Kier molecular flexibility index (Phi) is 6.32. The molecule has 0 aliphatic rings. The van der Waals surface area contributed by atoms with Gasteiger partial charge in [-0.3, -0.25) is 0 Å². The van der Waals surface area contributed by atoms with E-state index in [-0.39, 0.29) is 17.0 Å². The van der Waals surface area contributed by atoms with Crippen LogP contribution in [0.1, 0.15) is 5.56 Å². The minimum atomic E-state index is 0. The van der Waals surface area contributed by atoms with E-state index in [1.807, 2.05) is 18.2 Å². The van der Waals surface area contributed by atoms with Gasteiger partial charge in [0.15, 0.2) is 11.5 Å². The van der Waals surface area contributed by atoms with Crippen molar-refractivity contribution in [3.8, 4) is 11.5 Å². The SMILES string of the molecule is Br.COc1ccc(CCN)cc1OC. The Bertz CT molecular complexity index is 279. The molecular formula is C10H16BrNO2. The second-order valence-electron chi connectivity index (χ2n) is 2.73. The minimum absolute atomic E-state index is 0. The fraction of sp³-hybridized carbons (Fsp3) is 0.400. The van der Waals surface area contributed by atoms with Crippen LogP contribution in [0.2, 0.25) is 0 Å². The number of hydrogen-bond acceptors (Lipinski definition) is 3. The number of halogens is 1. The Labute approximate surface area is 95.0 Å². The normalized spacial score (nSPS) is 9.07. The van der Waals surface area contributed by atoms with Crippen LogP contribution in [-0.4, -0.2) is 20.8 Å². The fourth-order valence-electron chi connectivity index (χ4n) is 1.20. The van der Waals surface area contributed by atoms with E-state index < -0.39 is 0 Å². The Hall–Kier alpha value is -0.740. The van der Waals surface area contributed by atoms with Gasteiger partial charge in [-0.15, -0.1) is 17.0 Å². The molecular weight excluding hydrogens is 246 g/mol. The van der Waals surface area contributed by atoms with Gasteiger partial charge >= 0.3 is 0 Å². The molecule has 14 heavy (non-hydrogen) atoms. The second-order valence-corrected chi connectivity index (χ2v) is 2.73. The van der Waals surface area contributed by atoms with Crippen LogP contribution >= 0.6 is 17.0 Å². The highest BCUT2D eigenvalue weighted by Crippen LogP contribution is 2.27. The Morgan fingerprint density at radius 2 is 1.79 bits per heavy atom. The van der Waals surface area contributed by atoms with Crippen LogP contribution in [0.25, 0.3) is 0 Å². The molecule has 1 aromatic carbocycles. The number of nitrogens with two attached hydrogens (primary N) is 1. The first-order valence-electron chi connectivity index (χ1n) is 4.22. The molecule has 0 saturated carbocycles. The van der Waals surface area contributed by atoms with Crippen molar-refractivity contribution in [2.75, 3.05) is 20.8 Å². The van der Waals surface area contributed by atoms with E-state index in [0.29, 0.717) is 6.54 Å². The highest BCUT2D eigenvalue weighted by molar-refractivity contribution is 8.93. The van der Waals surface area contributed by atoms with E-state index in [0.717, 1.165) is 17.9 Å². The van der Waals surface area contributed by atoms with Crippen molar-refractivity contribution in [3.05, 3.63) is 23.8 Å². The first-order valence-corrected chi connectivity index (χ1v) is 4.22. The third-order valence-corrected chi connectivity index (χ3v) is 1.88. The van der Waals surface area contributed by atoms with Crippen molar-refractivity contribution in [1.82, 2.24) is 0 Å². The zero-order chi connectivity index (χ0) is 9.68. The molecule has 2 N–H and O–H groups in total. The molecule has 0 fully saturated rings. The summed E-state index contributed by atoms with van der Waals surface area (Å²) in [4.78, 5) is 0. The third kappa shape index (κ3) is 3.20. The Morgan fingerprint density at radius 3 is 2.29 bits per heavy atom. The van der Waals surface area contributed by atoms with Gasteiger partial charge in [0.25, 0.3) is 0 Å². The summed E-state index contributed by atoms with van der Waals surface area (Å²) in [7, 11) is 3.25. The van der Waals surface area contributed by atoms with Crippen molar-refractivity contribution < 1.29 is 9.47 Å². The summed E-state index contributed by atoms with van der Waals surface area (Å²) in [5.74, 6) is 1.51. The van der Waals surface area contributed by atoms with Crippen LogP contribution in [0, 0.1) is 0 Å². The summed E-state index contributed by atoms with van der Waals surface area (Å²) in [6.45, 7) is 0.648. The van der Waals surface area contributed by atoms with E-state index in [1.165, 1.54) is 5.56 Å². The van der Waals surface area contributed by atoms with Gasteiger partial charge in [0.05, 0.1) is 14.2 Å². The molecule has 0 spiro atoms. The highest BCUT2D eigenvalue weighted by Gasteiger charge is 2.03. The zero-order valence-corrected chi connectivity index (χ0v) is 10.2. The van der Waals surface area contributed by atoms with Gasteiger partial charge in [-0.2, -0.15) is 0 Å². The van der Waals surface area contributed by atoms with Gasteiger partial charge in [0, 0.05) is 0 Å². The molecule has 0 amide bonds. The lowest BCUT2D eigenvalue weighted by molar-refractivity contribution is 0.354. The smallest absolute Gasteiger partial charge is 0.160 e. The number of hydrogen-bond donors (Lipinski definition) is 1. The van der Waals surface area contributed by atoms with Crippen LogP contribution in [0.4, 0.5) is 0 Å². The van der Waals surface area contributed by atoms with Crippen molar-refractivity contribution >= 4 is 17.0 Å². The maximum atomic E-state index is 5.45. The molecule has 1 aromatic rings. The topological polar surface area (TPSA) is 44.5 Å². The van der Waals surface area contributed by atoms with Crippen molar-refractivity contribution in [1.29, 1.82) is 0 Å². The number of rotatable bonds is 4. The van der Waals surface area contributed by atoms with Gasteiger partial charge in [-0.1, -0.05) is 6.07 Å². The lowest BCUT2D eigenvalue weighted by Crippen LogP contribution is -2.03. The van der Waals surface area contributed by atoms with Crippen LogP contribution in [0.3, 0.4) is 0 Å². The molecule has 0 aliphatic heterocycles. The Balaban J connectivity index is 0.00000169. The molecule has 4 heteroatoms. The molecule has 1 rings (SSSR count). The first-order chi connectivity index (χ1) is 6.31. The molecule has 0 saturated heterocycles. The van der Waals surface area contributed by atoms with Crippen LogP contribution < -0.4 is 15.2 Å². The summed E-state index contributed by atoms with van der Waals surface area (Å²) in [6, 6.07) is 5.84. The van der Waals surface area contributed by atoms with Crippen molar-refractivity contribution in [2.45, 2.75) is 6.42 Å². The fourth-order valence-corrected chi connectivity index (χ4v) is 1.20. The molecule has 0 unspecified atom stereocenters. The Morgan fingerprint density at radius 1 is 1.14 bits per heavy atom. The summed E-state index contributed by atoms with van der Waals surface area (Å²) in [5.41, 5.74) is 6.62. The zero-order valence-electron chi connectivity index (χ0n) is 8.45. The second kappa shape index (κ2) is 6.68. The molecule has 3 nitrogen and oxygen atoms in total. The highest BCUT2D eigenvalue weighted by atomic mass is 79.9. The minimum Gasteiger partial charge on any atom is -0.493 e. The number of ether oxygens (including phenoxy) is 2. The van der Waals surface area contributed by atoms with Crippen molar-refractivity contribution in [2.24, 2.45) is 5.73 Å². The van der Waals surface area contributed by atoms with Crippen LogP contribution in [0.5, 0.6) is 11.5 Å². The average Bonchev–Trinajstić information content (AvgIpc) is 2.18. The molecule has 80 valence electrons. The quantitative estimate of drug-likeness (QED) is 0.899. The molecule has 0 aromatic heterocycles. The van der Waals surface area contributed by atoms with Crippen LogP contribution in [0.15, 0.2) is 18.2 Å².